The second-order valence-corrected chi connectivity index (χ2v) is 8.35. The standard InChI is InChI=1S/C14H24BrN3O2S/c1-3-8-17-11-14(16-12(17)2)21(19,20)18-9-4-5-13(10-18)6-7-15/h11,13H,3-10H2,1-2H3. The van der Waals surface area contributed by atoms with Gasteiger partial charge in [-0.05, 0) is 38.5 Å². The van der Waals surface area contributed by atoms with Crippen LogP contribution in [0, 0.1) is 12.8 Å². The zero-order valence-electron chi connectivity index (χ0n) is 12.8. The topological polar surface area (TPSA) is 55.2 Å². The molecule has 1 aliphatic rings. The Bertz CT molecular complexity index is 569. The molecule has 1 aromatic rings. The highest BCUT2D eigenvalue weighted by Gasteiger charge is 2.31. The normalized spacial score (nSPS) is 20.8. The van der Waals surface area contributed by atoms with Gasteiger partial charge in [-0.25, -0.2) is 13.4 Å². The Balaban J connectivity index is 2.19. The van der Waals surface area contributed by atoms with Crippen LogP contribution in [-0.4, -0.2) is 40.7 Å². The van der Waals surface area contributed by atoms with Crippen LogP contribution < -0.4 is 0 Å². The van der Waals surface area contributed by atoms with E-state index in [-0.39, 0.29) is 5.03 Å². The van der Waals surface area contributed by atoms with Crippen molar-refractivity contribution in [3.63, 3.8) is 0 Å². The average Bonchev–Trinajstić information content (AvgIpc) is 2.82. The summed E-state index contributed by atoms with van der Waals surface area (Å²) in [6, 6.07) is 0. The molecule has 0 N–H and O–H groups in total. The summed E-state index contributed by atoms with van der Waals surface area (Å²) in [7, 11) is -3.45. The minimum Gasteiger partial charge on any atom is -0.334 e. The zero-order chi connectivity index (χ0) is 15.5. The Morgan fingerprint density at radius 3 is 2.90 bits per heavy atom. The molecule has 7 heteroatoms. The third kappa shape index (κ3) is 3.87. The molecule has 2 heterocycles. The van der Waals surface area contributed by atoms with Crippen LogP contribution in [0.25, 0.3) is 0 Å². The van der Waals surface area contributed by atoms with Crippen LogP contribution in [-0.2, 0) is 16.6 Å². The first kappa shape index (κ1) is 17.0. The van der Waals surface area contributed by atoms with Crippen molar-refractivity contribution in [2.24, 2.45) is 5.92 Å². The van der Waals surface area contributed by atoms with Crippen molar-refractivity contribution in [2.75, 3.05) is 18.4 Å². The van der Waals surface area contributed by atoms with Gasteiger partial charge < -0.3 is 4.57 Å². The maximum atomic E-state index is 12.7. The number of hydrogen-bond acceptors (Lipinski definition) is 3. The van der Waals surface area contributed by atoms with Gasteiger partial charge in [0, 0.05) is 31.2 Å². The Hall–Kier alpha value is -0.400. The van der Waals surface area contributed by atoms with Crippen LogP contribution in [0.4, 0.5) is 0 Å². The van der Waals surface area contributed by atoms with Crippen molar-refractivity contribution in [1.82, 2.24) is 13.9 Å². The van der Waals surface area contributed by atoms with Gasteiger partial charge in [0.2, 0.25) is 0 Å². The first-order chi connectivity index (χ1) is 9.98. The van der Waals surface area contributed by atoms with Crippen molar-refractivity contribution in [3.8, 4) is 0 Å². The van der Waals surface area contributed by atoms with Crippen LogP contribution in [0.5, 0.6) is 0 Å². The molecule has 0 bridgehead atoms. The number of nitrogens with zero attached hydrogens (tertiary/aromatic N) is 3. The lowest BCUT2D eigenvalue weighted by molar-refractivity contribution is 0.262. The highest BCUT2D eigenvalue weighted by Crippen LogP contribution is 2.25. The molecule has 0 aliphatic carbocycles. The van der Waals surface area contributed by atoms with Crippen LogP contribution in [0.3, 0.4) is 0 Å². The van der Waals surface area contributed by atoms with Gasteiger partial charge in [-0.15, -0.1) is 0 Å². The highest BCUT2D eigenvalue weighted by molar-refractivity contribution is 9.09. The van der Waals surface area contributed by atoms with E-state index in [4.69, 9.17) is 0 Å². The Labute approximate surface area is 135 Å². The first-order valence-corrected chi connectivity index (χ1v) is 10.1. The lowest BCUT2D eigenvalue weighted by atomic mass is 9.97. The third-order valence-electron chi connectivity index (χ3n) is 4.02. The largest absolute Gasteiger partial charge is 0.334 e. The number of hydrogen-bond donors (Lipinski definition) is 0. The Morgan fingerprint density at radius 1 is 1.48 bits per heavy atom. The lowest BCUT2D eigenvalue weighted by Gasteiger charge is -2.31. The number of imidazole rings is 1. The fraction of sp³-hybridized carbons (Fsp3) is 0.786. The van der Waals surface area contributed by atoms with Gasteiger partial charge in [0.1, 0.15) is 5.82 Å². The number of alkyl halides is 1. The molecule has 2 rings (SSSR count). The summed E-state index contributed by atoms with van der Waals surface area (Å²) >= 11 is 3.45. The smallest absolute Gasteiger partial charge is 0.262 e. The summed E-state index contributed by atoms with van der Waals surface area (Å²) in [4.78, 5) is 4.27. The van der Waals surface area contributed by atoms with E-state index in [1.54, 1.807) is 10.5 Å². The molecule has 120 valence electrons. The summed E-state index contributed by atoms with van der Waals surface area (Å²) in [5, 5.41) is 1.13. The maximum Gasteiger partial charge on any atom is 0.262 e. The summed E-state index contributed by atoms with van der Waals surface area (Å²) < 4.78 is 29.0. The highest BCUT2D eigenvalue weighted by atomic mass is 79.9. The van der Waals surface area contributed by atoms with Crippen LogP contribution in [0.2, 0.25) is 0 Å². The molecule has 5 nitrogen and oxygen atoms in total. The minimum atomic E-state index is -3.45. The molecule has 1 fully saturated rings. The molecule has 0 radical (unpaired) electrons. The van der Waals surface area contributed by atoms with Gasteiger partial charge in [-0.1, -0.05) is 22.9 Å². The third-order valence-corrected chi connectivity index (χ3v) is 6.22. The molecule has 0 saturated carbocycles. The molecular weight excluding hydrogens is 354 g/mol. The molecule has 0 aromatic carbocycles. The predicted molar refractivity (Wildman–Crippen MR) is 87.1 cm³/mol. The van der Waals surface area contributed by atoms with Crippen molar-refractivity contribution in [3.05, 3.63) is 12.0 Å². The zero-order valence-corrected chi connectivity index (χ0v) is 15.2. The molecule has 1 saturated heterocycles. The van der Waals surface area contributed by atoms with E-state index in [9.17, 15) is 8.42 Å². The van der Waals surface area contributed by atoms with Gasteiger partial charge in [0.15, 0.2) is 5.03 Å². The Kier molecular flexibility index (Phi) is 5.85. The maximum absolute atomic E-state index is 12.7. The van der Waals surface area contributed by atoms with Crippen molar-refractivity contribution >= 4 is 26.0 Å². The van der Waals surface area contributed by atoms with Crippen LogP contribution in [0.1, 0.15) is 38.4 Å². The monoisotopic (exact) mass is 377 g/mol. The second kappa shape index (κ2) is 7.24. The minimum absolute atomic E-state index is 0.202. The number of halogens is 1. The molecule has 0 amide bonds. The molecule has 0 spiro atoms. The number of sulfonamides is 1. The van der Waals surface area contributed by atoms with E-state index in [1.165, 1.54) is 0 Å². The van der Waals surface area contributed by atoms with Crippen molar-refractivity contribution < 1.29 is 8.42 Å². The van der Waals surface area contributed by atoms with Gasteiger partial charge >= 0.3 is 0 Å². The molecule has 1 aromatic heterocycles. The molecule has 21 heavy (non-hydrogen) atoms. The van der Waals surface area contributed by atoms with E-state index in [1.807, 2.05) is 11.5 Å². The quantitative estimate of drug-likeness (QED) is 0.716. The van der Waals surface area contributed by atoms with E-state index in [2.05, 4.69) is 27.8 Å². The summed E-state index contributed by atoms with van der Waals surface area (Å²) in [6.45, 7) is 5.97. The Morgan fingerprint density at radius 2 is 2.24 bits per heavy atom. The molecule has 1 unspecified atom stereocenters. The van der Waals surface area contributed by atoms with Crippen LogP contribution in [0.15, 0.2) is 11.2 Å². The number of aromatic nitrogens is 2. The van der Waals surface area contributed by atoms with E-state index >= 15 is 0 Å². The number of aryl methyl sites for hydroxylation is 2. The average molecular weight is 378 g/mol. The second-order valence-electron chi connectivity index (χ2n) is 5.67. The fourth-order valence-electron chi connectivity index (χ4n) is 2.84. The van der Waals surface area contributed by atoms with Crippen LogP contribution >= 0.6 is 15.9 Å². The summed E-state index contributed by atoms with van der Waals surface area (Å²) in [5.41, 5.74) is 0. The van der Waals surface area contributed by atoms with Gasteiger partial charge in [0.25, 0.3) is 10.0 Å². The van der Waals surface area contributed by atoms with E-state index < -0.39 is 10.0 Å². The van der Waals surface area contributed by atoms with Crippen molar-refractivity contribution in [2.45, 2.75) is 51.1 Å². The van der Waals surface area contributed by atoms with Gasteiger partial charge in [-0.2, -0.15) is 4.31 Å². The number of piperidine rings is 1. The van der Waals surface area contributed by atoms with E-state index in [0.29, 0.717) is 19.0 Å². The van der Waals surface area contributed by atoms with Gasteiger partial charge in [0.05, 0.1) is 0 Å². The SMILES string of the molecule is CCCn1cc(S(=O)(=O)N2CCCC(CCBr)C2)nc1C. The van der Waals surface area contributed by atoms with Gasteiger partial charge in [-0.3, -0.25) is 0 Å². The first-order valence-electron chi connectivity index (χ1n) is 7.59. The molecular formula is C14H24BrN3O2S. The lowest BCUT2D eigenvalue weighted by Crippen LogP contribution is -2.40. The summed E-state index contributed by atoms with van der Waals surface area (Å²) in [5.74, 6) is 1.22. The number of rotatable bonds is 6. The van der Waals surface area contributed by atoms with Crippen molar-refractivity contribution in [1.29, 1.82) is 0 Å². The fourth-order valence-corrected chi connectivity index (χ4v) is 5.03. The molecule has 1 aliphatic heterocycles. The summed E-state index contributed by atoms with van der Waals surface area (Å²) in [6.07, 6.45) is 5.72. The van der Waals surface area contributed by atoms with E-state index in [0.717, 1.165) is 43.4 Å². The predicted octanol–water partition coefficient (Wildman–Crippen LogP) is 2.79. The molecule has 1 atom stereocenters.